The average molecular weight is 326 g/mol. The third-order valence-corrected chi connectivity index (χ3v) is 3.92. The summed E-state index contributed by atoms with van der Waals surface area (Å²) in [4.78, 5) is 18.7. The summed E-state index contributed by atoms with van der Waals surface area (Å²) >= 11 is 0. The summed E-state index contributed by atoms with van der Waals surface area (Å²) in [7, 11) is 0. The molecule has 2 N–H and O–H groups in total. The van der Waals surface area contributed by atoms with Gasteiger partial charge in [-0.25, -0.2) is 4.99 Å². The minimum absolute atomic E-state index is 0.00940. The third-order valence-electron chi connectivity index (χ3n) is 3.92. The smallest absolute Gasteiger partial charge is 0.248 e. The van der Waals surface area contributed by atoms with Gasteiger partial charge in [-0.1, -0.05) is 18.2 Å². The molecule has 2 aromatic rings. The molecule has 1 aliphatic rings. The van der Waals surface area contributed by atoms with Crippen molar-refractivity contribution in [1.29, 1.82) is 0 Å². The fourth-order valence-electron chi connectivity index (χ4n) is 2.76. The van der Waals surface area contributed by atoms with Crippen molar-refractivity contribution >= 4 is 17.6 Å². The number of aliphatic imine (C=N–C) groups is 1. The molecule has 3 rings (SSSR count). The van der Waals surface area contributed by atoms with Crippen molar-refractivity contribution in [3.05, 3.63) is 54.0 Å². The van der Waals surface area contributed by atoms with Crippen LogP contribution in [0.3, 0.4) is 0 Å². The van der Waals surface area contributed by atoms with Crippen LogP contribution in [0.25, 0.3) is 0 Å². The second-order valence-electron chi connectivity index (χ2n) is 5.55. The number of nitrogens with zero attached hydrogens (tertiary/aromatic N) is 2. The first-order valence-electron chi connectivity index (χ1n) is 8.20. The molecule has 0 bridgehead atoms. The van der Waals surface area contributed by atoms with Crippen LogP contribution in [-0.4, -0.2) is 31.5 Å². The van der Waals surface area contributed by atoms with Crippen LogP contribution in [0.15, 0.2) is 52.1 Å². The maximum absolute atomic E-state index is 12.5. The molecule has 2 heterocycles. The number of nitrogens with one attached hydrogen (secondary N) is 2. The largest absolute Gasteiger partial charge is 0.467 e. The lowest BCUT2D eigenvalue weighted by Gasteiger charge is -2.16. The van der Waals surface area contributed by atoms with E-state index < -0.39 is 0 Å². The molecule has 0 aliphatic carbocycles. The number of guanidine groups is 1. The Morgan fingerprint density at radius 1 is 1.25 bits per heavy atom. The van der Waals surface area contributed by atoms with E-state index in [9.17, 15) is 4.79 Å². The van der Waals surface area contributed by atoms with Crippen LogP contribution in [0, 0.1) is 0 Å². The average Bonchev–Trinajstić information content (AvgIpc) is 3.26. The SMILES string of the molecule is CCNC(=NCC(=O)N1CCc2ccccc21)NCc1ccco1. The summed E-state index contributed by atoms with van der Waals surface area (Å²) in [6, 6.07) is 11.8. The second-order valence-corrected chi connectivity index (χ2v) is 5.55. The summed E-state index contributed by atoms with van der Waals surface area (Å²) in [5, 5.41) is 6.30. The molecule has 126 valence electrons. The number of hydrogen-bond donors (Lipinski definition) is 2. The molecule has 6 heteroatoms. The number of carbonyl (C=O) groups is 1. The number of para-hydroxylation sites is 1. The van der Waals surface area contributed by atoms with Gasteiger partial charge in [0.2, 0.25) is 5.91 Å². The summed E-state index contributed by atoms with van der Waals surface area (Å²) in [5.41, 5.74) is 2.23. The Morgan fingerprint density at radius 3 is 2.92 bits per heavy atom. The Hall–Kier alpha value is -2.76. The third kappa shape index (κ3) is 3.76. The van der Waals surface area contributed by atoms with E-state index in [2.05, 4.69) is 21.7 Å². The second kappa shape index (κ2) is 7.68. The molecule has 0 saturated heterocycles. The zero-order valence-corrected chi connectivity index (χ0v) is 13.8. The maximum Gasteiger partial charge on any atom is 0.248 e. The molecule has 1 aromatic carbocycles. The number of fused-ring (bicyclic) bond motifs is 1. The Bertz CT molecular complexity index is 710. The highest BCUT2D eigenvalue weighted by atomic mass is 16.3. The summed E-state index contributed by atoms with van der Waals surface area (Å²) in [5.74, 6) is 1.44. The molecule has 0 fully saturated rings. The van der Waals surface area contributed by atoms with Gasteiger partial charge in [0.1, 0.15) is 12.3 Å². The van der Waals surface area contributed by atoms with Gasteiger partial charge >= 0.3 is 0 Å². The molecule has 0 unspecified atom stereocenters. The van der Waals surface area contributed by atoms with Gasteiger partial charge in [-0.15, -0.1) is 0 Å². The van der Waals surface area contributed by atoms with Gasteiger partial charge in [-0.2, -0.15) is 0 Å². The van der Waals surface area contributed by atoms with E-state index >= 15 is 0 Å². The van der Waals surface area contributed by atoms with Gasteiger partial charge in [0.25, 0.3) is 0 Å². The van der Waals surface area contributed by atoms with Crippen molar-refractivity contribution in [2.45, 2.75) is 19.9 Å². The van der Waals surface area contributed by atoms with Crippen LogP contribution in [-0.2, 0) is 17.8 Å². The van der Waals surface area contributed by atoms with Gasteiger partial charge in [0.15, 0.2) is 5.96 Å². The van der Waals surface area contributed by atoms with Crippen LogP contribution < -0.4 is 15.5 Å². The van der Waals surface area contributed by atoms with Crippen LogP contribution in [0.1, 0.15) is 18.2 Å². The summed E-state index contributed by atoms with van der Waals surface area (Å²) in [6.07, 6.45) is 2.54. The molecule has 0 atom stereocenters. The predicted molar refractivity (Wildman–Crippen MR) is 94.0 cm³/mol. The van der Waals surface area contributed by atoms with Crippen LogP contribution in [0.5, 0.6) is 0 Å². The highest BCUT2D eigenvalue weighted by Gasteiger charge is 2.23. The normalized spacial score (nSPS) is 13.7. The number of amides is 1. The minimum atomic E-state index is 0.00940. The number of hydrogen-bond acceptors (Lipinski definition) is 3. The topological polar surface area (TPSA) is 69.9 Å². The highest BCUT2D eigenvalue weighted by Crippen LogP contribution is 2.27. The van der Waals surface area contributed by atoms with Gasteiger partial charge < -0.3 is 20.0 Å². The standard InChI is InChI=1S/C18H22N4O2/c1-2-19-18(20-12-15-7-5-11-24-15)21-13-17(23)22-10-9-14-6-3-4-8-16(14)22/h3-8,11H,2,9-10,12-13H2,1H3,(H2,19,20,21). The number of furan rings is 1. The Kier molecular flexibility index (Phi) is 5.15. The van der Waals surface area contributed by atoms with E-state index in [4.69, 9.17) is 4.42 Å². The molecule has 0 spiro atoms. The highest BCUT2D eigenvalue weighted by molar-refractivity contribution is 5.98. The number of rotatable bonds is 5. The molecule has 1 amide bonds. The molecule has 24 heavy (non-hydrogen) atoms. The van der Waals surface area contributed by atoms with Gasteiger partial charge in [-0.3, -0.25) is 4.79 Å². The van der Waals surface area contributed by atoms with Crippen molar-refractivity contribution in [2.24, 2.45) is 4.99 Å². The first-order valence-corrected chi connectivity index (χ1v) is 8.20. The molecule has 1 aliphatic heterocycles. The molecular formula is C18H22N4O2. The van der Waals surface area contributed by atoms with Crippen molar-refractivity contribution < 1.29 is 9.21 Å². The van der Waals surface area contributed by atoms with E-state index in [1.165, 1.54) is 5.56 Å². The van der Waals surface area contributed by atoms with E-state index in [0.29, 0.717) is 12.5 Å². The van der Waals surface area contributed by atoms with Gasteiger partial charge in [0.05, 0.1) is 12.8 Å². The fourth-order valence-corrected chi connectivity index (χ4v) is 2.76. The first kappa shape index (κ1) is 16.1. The van der Waals surface area contributed by atoms with E-state index in [1.807, 2.05) is 42.2 Å². The fraction of sp³-hybridized carbons (Fsp3) is 0.333. The summed E-state index contributed by atoms with van der Waals surface area (Å²) in [6.45, 7) is 4.08. The van der Waals surface area contributed by atoms with Gasteiger partial charge in [0, 0.05) is 18.8 Å². The molecule has 1 aromatic heterocycles. The molecule has 0 saturated carbocycles. The predicted octanol–water partition coefficient (Wildman–Crippen LogP) is 1.92. The van der Waals surface area contributed by atoms with Crippen LogP contribution in [0.4, 0.5) is 5.69 Å². The zero-order valence-electron chi connectivity index (χ0n) is 13.8. The number of anilines is 1. The molecule has 6 nitrogen and oxygen atoms in total. The minimum Gasteiger partial charge on any atom is -0.467 e. The molecular weight excluding hydrogens is 304 g/mol. The van der Waals surface area contributed by atoms with Crippen molar-refractivity contribution in [3.8, 4) is 0 Å². The van der Waals surface area contributed by atoms with Crippen molar-refractivity contribution in [1.82, 2.24) is 10.6 Å². The maximum atomic E-state index is 12.5. The van der Waals surface area contributed by atoms with Crippen molar-refractivity contribution in [2.75, 3.05) is 24.5 Å². The van der Waals surface area contributed by atoms with Gasteiger partial charge in [-0.05, 0) is 37.1 Å². The Morgan fingerprint density at radius 2 is 2.12 bits per heavy atom. The van der Waals surface area contributed by atoms with E-state index in [-0.39, 0.29) is 12.5 Å². The lowest BCUT2D eigenvalue weighted by atomic mass is 10.2. The number of benzene rings is 1. The van der Waals surface area contributed by atoms with E-state index in [0.717, 1.165) is 31.0 Å². The van der Waals surface area contributed by atoms with E-state index in [1.54, 1.807) is 6.26 Å². The zero-order chi connectivity index (χ0) is 16.8. The van der Waals surface area contributed by atoms with Crippen LogP contribution >= 0.6 is 0 Å². The van der Waals surface area contributed by atoms with Crippen molar-refractivity contribution in [3.63, 3.8) is 0 Å². The first-order chi connectivity index (χ1) is 11.8. The Labute approximate surface area is 141 Å². The Balaban J connectivity index is 1.60. The lowest BCUT2D eigenvalue weighted by molar-refractivity contribution is -0.117. The van der Waals surface area contributed by atoms with Crippen LogP contribution in [0.2, 0.25) is 0 Å². The molecule has 0 radical (unpaired) electrons. The lowest BCUT2D eigenvalue weighted by Crippen LogP contribution is -2.38. The quantitative estimate of drug-likeness (QED) is 0.651. The monoisotopic (exact) mass is 326 g/mol. The summed E-state index contributed by atoms with van der Waals surface area (Å²) < 4.78 is 5.29. The number of carbonyl (C=O) groups excluding carboxylic acids is 1.